The van der Waals surface area contributed by atoms with Crippen LogP contribution in [0.15, 0.2) is 66.9 Å². The van der Waals surface area contributed by atoms with Crippen LogP contribution in [-0.2, 0) is 32.5 Å². The number of nitrogens with one attached hydrogen (secondary N) is 4. The average Bonchev–Trinajstić information content (AvgIpc) is 3.98. The fourth-order valence-electron chi connectivity index (χ4n) is 12.2. The largest absolute Gasteiger partial charge is 0.495 e. The van der Waals surface area contributed by atoms with Crippen molar-refractivity contribution in [2.45, 2.75) is 108 Å². The summed E-state index contributed by atoms with van der Waals surface area (Å²) in [5.41, 5.74) is 1.06. The predicted octanol–water partition coefficient (Wildman–Crippen LogP) is 8.21. The summed E-state index contributed by atoms with van der Waals surface area (Å²) in [5, 5.41) is 11.8. The number of carbonyl (C=O) groups is 5. The summed E-state index contributed by atoms with van der Waals surface area (Å²) >= 11 is 6.37. The maximum absolute atomic E-state index is 16.3. The van der Waals surface area contributed by atoms with Crippen molar-refractivity contribution in [2.75, 3.05) is 37.4 Å². The summed E-state index contributed by atoms with van der Waals surface area (Å²) in [6.07, 6.45) is 0.902. The van der Waals surface area contributed by atoms with Gasteiger partial charge in [0.25, 0.3) is 11.8 Å². The third-order valence-corrected chi connectivity index (χ3v) is 16.0. The summed E-state index contributed by atoms with van der Waals surface area (Å²) in [6.45, 7) is 7.53. The van der Waals surface area contributed by atoms with Gasteiger partial charge in [-0.05, 0) is 109 Å². The van der Waals surface area contributed by atoms with Gasteiger partial charge in [-0.15, -0.1) is 0 Å². The van der Waals surface area contributed by atoms with Gasteiger partial charge >= 0.3 is 6.18 Å². The molecule has 1 unspecified atom stereocenters. The summed E-state index contributed by atoms with van der Waals surface area (Å²) < 4.78 is 63.8. The smallest absolute Gasteiger partial charge is 0.433 e. The van der Waals surface area contributed by atoms with Crippen LogP contribution in [0.2, 0.25) is 5.02 Å². The molecular formula is C54H54ClF4N7O6. The molecule has 72 heavy (non-hydrogen) atoms. The molecule has 10 rings (SSSR count). The number of anilines is 2. The number of hydrogen-bond acceptors (Lipinski definition) is 9. The number of piperidine rings is 2. The van der Waals surface area contributed by atoms with Crippen molar-refractivity contribution in [2.24, 2.45) is 16.7 Å². The lowest BCUT2D eigenvalue weighted by Gasteiger charge is -2.50. The Kier molecular flexibility index (Phi) is 12.4. The van der Waals surface area contributed by atoms with E-state index in [0.717, 1.165) is 42.9 Å². The van der Waals surface area contributed by atoms with E-state index < -0.39 is 59.0 Å². The molecule has 0 radical (unpaired) electrons. The summed E-state index contributed by atoms with van der Waals surface area (Å²) in [6, 6.07) is 13.4. The molecule has 13 nitrogen and oxygen atoms in total. The number of imide groups is 1. The van der Waals surface area contributed by atoms with Crippen LogP contribution in [0.25, 0.3) is 0 Å². The fraction of sp³-hybridized carbons (Fsp3) is 0.444. The Bertz CT molecular complexity index is 2990. The van der Waals surface area contributed by atoms with E-state index in [2.05, 4.69) is 38.1 Å². The van der Waals surface area contributed by atoms with Crippen molar-refractivity contribution in [3.63, 3.8) is 0 Å². The molecule has 4 N–H and O–H groups in total. The zero-order valence-electron chi connectivity index (χ0n) is 40.2. The van der Waals surface area contributed by atoms with Crippen LogP contribution in [0.3, 0.4) is 0 Å². The number of alkyl halides is 3. The maximum Gasteiger partial charge on any atom is 0.433 e. The zero-order valence-corrected chi connectivity index (χ0v) is 41.0. The molecule has 18 heteroatoms. The molecule has 3 aromatic carbocycles. The number of hydrogen-bond donors (Lipinski definition) is 4. The van der Waals surface area contributed by atoms with Gasteiger partial charge < -0.3 is 30.5 Å². The van der Waals surface area contributed by atoms with Gasteiger partial charge in [0.2, 0.25) is 17.7 Å². The first kappa shape index (κ1) is 49.1. The van der Waals surface area contributed by atoms with Gasteiger partial charge in [-0.3, -0.25) is 34.3 Å². The molecule has 6 heterocycles. The Hall–Kier alpha value is -6.51. The number of fused-ring (bicyclic) bond motifs is 3. The van der Waals surface area contributed by atoms with E-state index in [-0.39, 0.29) is 81.7 Å². The highest BCUT2D eigenvalue weighted by atomic mass is 35.5. The van der Waals surface area contributed by atoms with Crippen molar-refractivity contribution >= 4 is 52.5 Å². The molecule has 1 aromatic heterocycles. The number of amides is 5. The predicted molar refractivity (Wildman–Crippen MR) is 260 cm³/mol. The lowest BCUT2D eigenvalue weighted by Crippen LogP contribution is -2.52. The van der Waals surface area contributed by atoms with E-state index in [1.165, 1.54) is 24.3 Å². The molecule has 5 amide bonds. The van der Waals surface area contributed by atoms with E-state index >= 15 is 4.39 Å². The van der Waals surface area contributed by atoms with Crippen molar-refractivity contribution in [1.82, 2.24) is 25.4 Å². The summed E-state index contributed by atoms with van der Waals surface area (Å²) in [5.74, 6) is 3.69. The van der Waals surface area contributed by atoms with E-state index in [0.29, 0.717) is 42.6 Å². The third-order valence-electron chi connectivity index (χ3n) is 15.7. The SMILES string of the molecule is COc1cc(C(=O)N2CCC3(CC2)CC(C#Cc2ccc4c(c2)CN(C2CCC(=O)NC2=O)C4=O)C3)ccc1NC(=O)[C@@H]1N[C@@H](CC(C)(C)C)[C@@]2(CNc3cc(C(F)(F)F)ncc32)[C@H]1c1cccc(Cl)c1F. The molecule has 3 saturated heterocycles. The Labute approximate surface area is 419 Å². The van der Waals surface area contributed by atoms with Crippen molar-refractivity contribution in [1.29, 1.82) is 0 Å². The number of methoxy groups -OCH3 is 1. The average molecular weight is 1010 g/mol. The highest BCUT2D eigenvalue weighted by Crippen LogP contribution is 2.57. The number of aromatic nitrogens is 1. The Balaban J connectivity index is 0.808. The first-order valence-corrected chi connectivity index (χ1v) is 24.6. The van der Waals surface area contributed by atoms with Gasteiger partial charge in [0.05, 0.1) is 23.9 Å². The van der Waals surface area contributed by atoms with Crippen molar-refractivity contribution < 1.29 is 46.3 Å². The quantitative estimate of drug-likeness (QED) is 0.0813. The molecule has 1 aliphatic carbocycles. The summed E-state index contributed by atoms with van der Waals surface area (Å²) in [4.78, 5) is 73.1. The molecule has 1 saturated carbocycles. The number of likely N-dealkylation sites (tertiary alicyclic amines) is 1. The highest BCUT2D eigenvalue weighted by molar-refractivity contribution is 6.30. The molecule has 5 atom stereocenters. The minimum absolute atomic E-state index is 0.0819. The maximum atomic E-state index is 16.3. The topological polar surface area (TPSA) is 162 Å². The molecule has 4 fully saturated rings. The van der Waals surface area contributed by atoms with E-state index in [1.54, 1.807) is 36.4 Å². The van der Waals surface area contributed by atoms with Gasteiger partial charge in [0.1, 0.15) is 23.3 Å². The number of halogens is 5. The molecule has 5 aliphatic heterocycles. The lowest BCUT2D eigenvalue weighted by molar-refractivity contribution is -0.141. The molecular weight excluding hydrogens is 954 g/mol. The van der Waals surface area contributed by atoms with E-state index in [9.17, 15) is 37.1 Å². The first-order valence-electron chi connectivity index (χ1n) is 24.3. The van der Waals surface area contributed by atoms with E-state index in [4.69, 9.17) is 16.3 Å². The van der Waals surface area contributed by atoms with Crippen LogP contribution >= 0.6 is 11.6 Å². The standard InChI is InChI=1S/C54H54ClF4N7O6/c1-51(2,3)25-42-53(28-61-38-22-41(54(57,58)59)60-26-35(38)53)44(34-6-5-7-36(55)45(34)56)46(63-42)48(69)62-37-13-11-31(21-40(37)72-4)49(70)65-18-16-52(17-19-65)23-30(24-52)9-8-29-10-12-33-32(20-29)27-66(50(33)71)39-14-15-43(67)64-47(39)68/h5-7,10-13,20-22,26,30,39,42,44,46,61,63H,14-19,23-25,27-28H2,1-4H3,(H,62,69)(H,64,67,68)/t39?,42-,44-,46+,53-/m0/s1. The lowest BCUT2D eigenvalue weighted by atomic mass is 9.58. The zero-order chi connectivity index (χ0) is 51.1. The molecule has 376 valence electrons. The van der Waals surface area contributed by atoms with Gasteiger partial charge in [-0.2, -0.15) is 13.2 Å². The second kappa shape index (κ2) is 18.2. The second-order valence-electron chi connectivity index (χ2n) is 21.4. The van der Waals surface area contributed by atoms with Gasteiger partial charge in [-0.1, -0.05) is 56.3 Å². The van der Waals surface area contributed by atoms with Crippen LogP contribution in [0.4, 0.5) is 28.9 Å². The summed E-state index contributed by atoms with van der Waals surface area (Å²) in [7, 11) is 1.43. The Morgan fingerprint density at radius 2 is 1.78 bits per heavy atom. The monoisotopic (exact) mass is 1010 g/mol. The third kappa shape index (κ3) is 8.84. The number of nitrogens with zero attached hydrogens (tertiary/aromatic N) is 3. The normalized spacial score (nSPS) is 24.5. The number of carbonyl (C=O) groups excluding carboxylic acids is 5. The number of pyridine rings is 1. The van der Waals surface area contributed by atoms with E-state index in [1.807, 2.05) is 37.8 Å². The van der Waals surface area contributed by atoms with Crippen LogP contribution in [-0.4, -0.2) is 89.2 Å². The van der Waals surface area contributed by atoms with Gasteiger partial charge in [-0.25, -0.2) is 4.39 Å². The number of rotatable bonds is 7. The Morgan fingerprint density at radius 1 is 1.01 bits per heavy atom. The highest BCUT2D eigenvalue weighted by Gasteiger charge is 2.62. The minimum Gasteiger partial charge on any atom is -0.495 e. The fourth-order valence-corrected chi connectivity index (χ4v) is 12.3. The van der Waals surface area contributed by atoms with Crippen LogP contribution in [0.5, 0.6) is 5.75 Å². The number of benzene rings is 3. The molecule has 0 bridgehead atoms. The minimum atomic E-state index is -4.70. The Morgan fingerprint density at radius 3 is 2.49 bits per heavy atom. The molecule has 2 spiro atoms. The van der Waals surface area contributed by atoms with Gasteiger partial charge in [0, 0.05) is 90.0 Å². The molecule has 6 aliphatic rings. The second-order valence-corrected chi connectivity index (χ2v) is 21.8. The van der Waals surface area contributed by atoms with Crippen LogP contribution < -0.4 is 26.0 Å². The first-order chi connectivity index (χ1) is 34.2. The number of ether oxygens (including phenoxy) is 1. The molecule has 4 aromatic rings. The van der Waals surface area contributed by atoms with Crippen LogP contribution in [0.1, 0.15) is 120 Å². The van der Waals surface area contributed by atoms with Gasteiger partial charge in [0.15, 0.2) is 0 Å². The van der Waals surface area contributed by atoms with Crippen LogP contribution in [0, 0.1) is 34.4 Å². The van der Waals surface area contributed by atoms with Crippen molar-refractivity contribution in [3.8, 4) is 17.6 Å². The van der Waals surface area contributed by atoms with Crippen molar-refractivity contribution in [3.05, 3.63) is 117 Å².